The standard InChI is InChI=1S/3C18H37.H3O4P.3Zn/c3*1-3-5-7-9-11-13-15-17-18-16-14-12-10-8-6-4-2;1-5(2,3)4;;;/h3*1,3-18H2,2H3;(H3,1,2,3,4);;;/q3*-1;;3*+2/p-3. The Morgan fingerprint density at radius 3 is 0.403 bits per heavy atom. The van der Waals surface area contributed by atoms with E-state index in [1.54, 1.807) is 0 Å². The summed E-state index contributed by atoms with van der Waals surface area (Å²) in [6, 6.07) is 0. The first-order valence-corrected chi connectivity index (χ1v) is 28.3. The van der Waals surface area contributed by atoms with Crippen LogP contribution in [0.1, 0.15) is 329 Å². The van der Waals surface area contributed by atoms with Crippen molar-refractivity contribution in [1.29, 1.82) is 0 Å². The van der Waals surface area contributed by atoms with E-state index in [0.29, 0.717) is 0 Å². The second-order valence-electron chi connectivity index (χ2n) is 17.9. The molecule has 0 bridgehead atoms. The predicted octanol–water partition coefficient (Wildman–Crippen LogP) is 18.4. The quantitative estimate of drug-likeness (QED) is 0.0263. The van der Waals surface area contributed by atoms with Gasteiger partial charge in [-0.3, -0.25) is 0 Å². The van der Waals surface area contributed by atoms with Gasteiger partial charge in [0.1, 0.15) is 0 Å². The van der Waals surface area contributed by atoms with Gasteiger partial charge in [-0.1, -0.05) is 310 Å². The van der Waals surface area contributed by atoms with Crippen LogP contribution in [-0.4, -0.2) is 0 Å². The van der Waals surface area contributed by atoms with E-state index < -0.39 is 7.82 Å². The third-order valence-corrected chi connectivity index (χ3v) is 11.6. The van der Waals surface area contributed by atoms with Crippen molar-refractivity contribution < 1.29 is 77.7 Å². The molecule has 0 amide bonds. The molecule has 0 aliphatic rings. The average molecular weight is 1050 g/mol. The van der Waals surface area contributed by atoms with E-state index in [1.165, 1.54) is 289 Å². The molecule has 4 nitrogen and oxygen atoms in total. The fraction of sp³-hybridized carbons (Fsp3) is 0.944. The smallest absolute Gasteiger partial charge is 0.822 e. The van der Waals surface area contributed by atoms with Crippen LogP contribution in [0.5, 0.6) is 0 Å². The molecule has 0 aromatic carbocycles. The molecule has 0 aliphatic carbocycles. The molecule has 0 radical (unpaired) electrons. The SMILES string of the molecule is O=P([O-])([O-])[O-].[CH2-]CCCCCCCCCCCCCCCCC.[CH2-]CCCCCCCCCCCCCCCCC.[CH2-]CCCCCCCCCCCCCCCCC.[Zn+2].[Zn+2].[Zn+2]. The molecule has 0 saturated heterocycles. The summed E-state index contributed by atoms with van der Waals surface area (Å²) < 4.78 is 8.55. The Bertz CT molecular complexity index is 581. The van der Waals surface area contributed by atoms with Gasteiger partial charge in [0.05, 0.1) is 0 Å². The van der Waals surface area contributed by atoms with E-state index in [0.717, 1.165) is 19.3 Å². The maximum absolute atomic E-state index is 8.55. The summed E-state index contributed by atoms with van der Waals surface area (Å²) in [5.74, 6) is 0. The van der Waals surface area contributed by atoms with Gasteiger partial charge in [0.25, 0.3) is 0 Å². The summed E-state index contributed by atoms with van der Waals surface area (Å²) >= 11 is 0. The van der Waals surface area contributed by atoms with Crippen LogP contribution in [0.25, 0.3) is 0 Å². The largest absolute Gasteiger partial charge is 2.00 e. The topological polar surface area (TPSA) is 86.2 Å². The van der Waals surface area contributed by atoms with Crippen LogP contribution in [0.3, 0.4) is 0 Å². The van der Waals surface area contributed by atoms with Gasteiger partial charge in [0, 0.05) is 0 Å². The van der Waals surface area contributed by atoms with Gasteiger partial charge in [0.2, 0.25) is 0 Å². The predicted molar refractivity (Wildman–Crippen MR) is 262 cm³/mol. The molecule has 0 aromatic heterocycles. The second kappa shape index (κ2) is 77.2. The number of phosphoric acid groups is 1. The van der Waals surface area contributed by atoms with Gasteiger partial charge < -0.3 is 40.0 Å². The van der Waals surface area contributed by atoms with Crippen molar-refractivity contribution in [3.8, 4) is 0 Å². The Hall–Kier alpha value is 1.98. The van der Waals surface area contributed by atoms with Crippen molar-refractivity contribution in [3.05, 3.63) is 20.8 Å². The molecule has 0 spiro atoms. The Kier molecular flexibility index (Phi) is 97.3. The van der Waals surface area contributed by atoms with Crippen LogP contribution in [0.4, 0.5) is 0 Å². The van der Waals surface area contributed by atoms with Crippen molar-refractivity contribution in [2.45, 2.75) is 329 Å². The summed E-state index contributed by atoms with van der Waals surface area (Å²) in [5, 5.41) is 0. The third-order valence-electron chi connectivity index (χ3n) is 11.6. The van der Waals surface area contributed by atoms with E-state index in [-0.39, 0.29) is 58.4 Å². The van der Waals surface area contributed by atoms with Crippen molar-refractivity contribution in [1.82, 2.24) is 0 Å². The molecule has 0 aliphatic heterocycles. The Morgan fingerprint density at radius 2 is 0.323 bits per heavy atom. The zero-order chi connectivity index (χ0) is 44.4. The summed E-state index contributed by atoms with van der Waals surface area (Å²) in [6.07, 6.45) is 68.5. The first-order chi connectivity index (χ1) is 28.7. The summed E-state index contributed by atoms with van der Waals surface area (Å²) in [4.78, 5) is 25.6. The molecule has 0 unspecified atom stereocenters. The van der Waals surface area contributed by atoms with E-state index >= 15 is 0 Å². The molecule has 62 heavy (non-hydrogen) atoms. The van der Waals surface area contributed by atoms with Gasteiger partial charge in [-0.05, 0) is 0 Å². The molecule has 0 saturated carbocycles. The van der Waals surface area contributed by atoms with E-state index in [1.807, 2.05) is 0 Å². The zero-order valence-corrected chi connectivity index (χ0v) is 53.1. The summed E-state index contributed by atoms with van der Waals surface area (Å²) in [5.41, 5.74) is 0. The number of hydrogen-bond acceptors (Lipinski definition) is 4. The van der Waals surface area contributed by atoms with E-state index in [4.69, 9.17) is 19.2 Å². The second-order valence-corrected chi connectivity index (χ2v) is 18.8. The van der Waals surface area contributed by atoms with Crippen molar-refractivity contribution in [2.75, 3.05) is 0 Å². The summed E-state index contributed by atoms with van der Waals surface area (Å²) in [7, 11) is -5.39. The van der Waals surface area contributed by atoms with E-state index in [9.17, 15) is 0 Å². The molecule has 8 heteroatoms. The van der Waals surface area contributed by atoms with Crippen molar-refractivity contribution in [3.63, 3.8) is 0 Å². The Labute approximate surface area is 432 Å². The molecular weight excluding hydrogens is 940 g/mol. The maximum atomic E-state index is 8.55. The maximum Gasteiger partial charge on any atom is 2.00 e. The van der Waals surface area contributed by atoms with Gasteiger partial charge in [-0.2, -0.15) is 27.1 Å². The summed E-state index contributed by atoms with van der Waals surface area (Å²) in [6.45, 7) is 18.5. The van der Waals surface area contributed by atoms with Crippen LogP contribution in [-0.2, 0) is 63.0 Å². The van der Waals surface area contributed by atoms with Crippen LogP contribution >= 0.6 is 7.82 Å². The van der Waals surface area contributed by atoms with Gasteiger partial charge in [-0.15, -0.1) is 0 Å². The molecule has 0 N–H and O–H groups in total. The zero-order valence-electron chi connectivity index (χ0n) is 43.3. The number of unbranched alkanes of at least 4 members (excludes halogenated alkanes) is 45. The fourth-order valence-corrected chi connectivity index (χ4v) is 7.64. The third kappa shape index (κ3) is 104. The molecule has 0 heterocycles. The first-order valence-electron chi connectivity index (χ1n) is 26.9. The molecule has 0 fully saturated rings. The van der Waals surface area contributed by atoms with Crippen LogP contribution in [0.2, 0.25) is 0 Å². The van der Waals surface area contributed by atoms with Gasteiger partial charge in [-0.25, -0.2) is 0 Å². The minimum Gasteiger partial charge on any atom is -0.822 e. The minimum absolute atomic E-state index is 0. The fourth-order valence-electron chi connectivity index (χ4n) is 7.64. The van der Waals surface area contributed by atoms with Crippen LogP contribution < -0.4 is 14.7 Å². The van der Waals surface area contributed by atoms with Gasteiger partial charge in [0.15, 0.2) is 0 Å². The van der Waals surface area contributed by atoms with Crippen LogP contribution in [0.15, 0.2) is 0 Å². The first kappa shape index (κ1) is 78.2. The molecule has 0 atom stereocenters. The Balaban J connectivity index is -0.000000135. The normalized spacial score (nSPS) is 10.5. The number of hydrogen-bond donors (Lipinski definition) is 0. The van der Waals surface area contributed by atoms with E-state index in [2.05, 4.69) is 41.5 Å². The Morgan fingerprint density at radius 1 is 0.242 bits per heavy atom. The molecule has 362 valence electrons. The molecular formula is C54H111O4PZn3. The monoisotopic (exact) mass is 1050 g/mol. The average Bonchev–Trinajstić information content (AvgIpc) is 3.21. The van der Waals surface area contributed by atoms with Gasteiger partial charge >= 0.3 is 58.4 Å². The molecule has 0 rings (SSSR count). The van der Waals surface area contributed by atoms with Crippen LogP contribution in [0, 0.1) is 20.8 Å². The number of rotatable bonds is 45. The van der Waals surface area contributed by atoms with Crippen molar-refractivity contribution >= 4 is 7.82 Å². The van der Waals surface area contributed by atoms with Crippen molar-refractivity contribution in [2.24, 2.45) is 0 Å². The minimum atomic E-state index is -5.39. The molecule has 0 aromatic rings.